The number of carbonyl (C=O) groups is 3. The highest BCUT2D eigenvalue weighted by Crippen LogP contribution is 2.42. The highest BCUT2D eigenvalue weighted by atomic mass is 35.5. The van der Waals surface area contributed by atoms with Crippen LogP contribution in [0.1, 0.15) is 36.8 Å². The van der Waals surface area contributed by atoms with Crippen LogP contribution in [0, 0.1) is 5.82 Å². The number of esters is 1. The number of rotatable bonds is 6. The smallest absolute Gasteiger partial charge is 0.310 e. The first-order chi connectivity index (χ1) is 14.4. The number of ketones is 1. The number of benzene rings is 2. The lowest BCUT2D eigenvalue weighted by Gasteiger charge is -2.43. The predicted molar refractivity (Wildman–Crippen MR) is 110 cm³/mol. The van der Waals surface area contributed by atoms with Crippen molar-refractivity contribution in [2.75, 3.05) is 13.7 Å². The molecule has 1 amide bonds. The molecule has 2 aromatic carbocycles. The van der Waals surface area contributed by atoms with Crippen LogP contribution in [-0.4, -0.2) is 36.2 Å². The van der Waals surface area contributed by atoms with Gasteiger partial charge in [0, 0.05) is 24.1 Å². The Morgan fingerprint density at radius 2 is 1.83 bits per heavy atom. The molecule has 158 valence electrons. The molecule has 1 aliphatic rings. The Kier molecular flexibility index (Phi) is 6.87. The Labute approximate surface area is 179 Å². The van der Waals surface area contributed by atoms with E-state index in [0.717, 1.165) is 12.8 Å². The number of carbonyl (C=O) groups excluding carboxylic acids is 3. The van der Waals surface area contributed by atoms with Gasteiger partial charge in [-0.1, -0.05) is 48.0 Å². The van der Waals surface area contributed by atoms with Crippen LogP contribution in [0.2, 0.25) is 5.02 Å². The number of halogens is 2. The summed E-state index contributed by atoms with van der Waals surface area (Å²) in [5.74, 6) is -1.84. The zero-order chi connectivity index (χ0) is 21.7. The fourth-order valence-corrected chi connectivity index (χ4v) is 4.22. The van der Waals surface area contributed by atoms with Gasteiger partial charge in [0.05, 0.1) is 6.42 Å². The van der Waals surface area contributed by atoms with Crippen molar-refractivity contribution in [3.05, 3.63) is 70.5 Å². The molecule has 0 heterocycles. The molecule has 0 aliphatic heterocycles. The van der Waals surface area contributed by atoms with Crippen LogP contribution in [0.4, 0.5) is 4.39 Å². The second-order valence-electron chi connectivity index (χ2n) is 7.35. The standard InChI is InChI=1S/C23H23ClFNO4/c1-26(21(28)15-30-22(29)14-16-8-2-5-11-19(16)25)23(13-7-6-12-20(23)27)17-9-3-4-10-18(17)24/h2-5,8-11H,6-7,12-15H2,1H3/t23-/m1/s1. The summed E-state index contributed by atoms with van der Waals surface area (Å²) in [5.41, 5.74) is -0.422. The summed E-state index contributed by atoms with van der Waals surface area (Å²) in [6.07, 6.45) is 2.03. The first-order valence-corrected chi connectivity index (χ1v) is 10.2. The molecule has 3 rings (SSSR count). The van der Waals surface area contributed by atoms with Crippen LogP contribution in [-0.2, 0) is 31.1 Å². The summed E-state index contributed by atoms with van der Waals surface area (Å²) >= 11 is 6.38. The van der Waals surface area contributed by atoms with Crippen molar-refractivity contribution in [2.45, 2.75) is 37.6 Å². The van der Waals surface area contributed by atoms with Crippen molar-refractivity contribution in [2.24, 2.45) is 0 Å². The van der Waals surface area contributed by atoms with E-state index in [-0.39, 0.29) is 17.8 Å². The molecular formula is C23H23ClFNO4. The summed E-state index contributed by atoms with van der Waals surface area (Å²) in [7, 11) is 1.53. The number of likely N-dealkylation sites (N-methyl/N-ethyl adjacent to an activating group) is 1. The fourth-order valence-electron chi connectivity index (χ4n) is 3.93. The maximum atomic E-state index is 13.7. The number of nitrogens with zero attached hydrogens (tertiary/aromatic N) is 1. The Morgan fingerprint density at radius 3 is 2.53 bits per heavy atom. The minimum absolute atomic E-state index is 0.0876. The van der Waals surface area contributed by atoms with E-state index in [2.05, 4.69) is 0 Å². The van der Waals surface area contributed by atoms with E-state index < -0.39 is 29.8 Å². The van der Waals surface area contributed by atoms with E-state index in [9.17, 15) is 18.8 Å². The van der Waals surface area contributed by atoms with Crippen LogP contribution in [0.25, 0.3) is 0 Å². The summed E-state index contributed by atoms with van der Waals surface area (Å²) in [5, 5.41) is 0.406. The molecule has 0 bridgehead atoms. The molecule has 0 spiro atoms. The fraction of sp³-hybridized carbons (Fsp3) is 0.348. The monoisotopic (exact) mass is 431 g/mol. The third kappa shape index (κ3) is 4.38. The minimum atomic E-state index is -1.19. The lowest BCUT2D eigenvalue weighted by molar-refractivity contribution is -0.157. The second kappa shape index (κ2) is 9.39. The van der Waals surface area contributed by atoms with Crippen molar-refractivity contribution in [3.8, 4) is 0 Å². The summed E-state index contributed by atoms with van der Waals surface area (Å²) in [4.78, 5) is 39.3. The zero-order valence-corrected chi connectivity index (χ0v) is 17.5. The van der Waals surface area contributed by atoms with E-state index in [1.165, 1.54) is 30.1 Å². The minimum Gasteiger partial charge on any atom is -0.455 e. The average Bonchev–Trinajstić information content (AvgIpc) is 2.74. The Hall–Kier alpha value is -2.73. The van der Waals surface area contributed by atoms with Crippen LogP contribution < -0.4 is 0 Å². The molecule has 0 saturated heterocycles. The second-order valence-corrected chi connectivity index (χ2v) is 7.76. The van der Waals surface area contributed by atoms with E-state index >= 15 is 0 Å². The molecule has 2 aromatic rings. The third-order valence-electron chi connectivity index (χ3n) is 5.57. The normalized spacial score (nSPS) is 18.7. The van der Waals surface area contributed by atoms with Gasteiger partial charge >= 0.3 is 5.97 Å². The van der Waals surface area contributed by atoms with Crippen LogP contribution >= 0.6 is 11.6 Å². The van der Waals surface area contributed by atoms with Gasteiger partial charge in [-0.3, -0.25) is 14.4 Å². The van der Waals surface area contributed by atoms with Gasteiger partial charge in [0.25, 0.3) is 5.91 Å². The lowest BCUT2D eigenvalue weighted by Crippen LogP contribution is -2.55. The SMILES string of the molecule is CN(C(=O)COC(=O)Cc1ccccc1F)[C@@]1(c2ccccc2Cl)CCCCC1=O. The van der Waals surface area contributed by atoms with Gasteiger partial charge in [0.1, 0.15) is 11.4 Å². The number of ether oxygens (including phenoxy) is 1. The van der Waals surface area contributed by atoms with Gasteiger partial charge in [-0.2, -0.15) is 0 Å². The summed E-state index contributed by atoms with van der Waals surface area (Å²) in [6.45, 7) is -0.538. The summed E-state index contributed by atoms with van der Waals surface area (Å²) < 4.78 is 18.8. The first kappa shape index (κ1) is 22.0. The summed E-state index contributed by atoms with van der Waals surface area (Å²) in [6, 6.07) is 12.9. The van der Waals surface area contributed by atoms with Gasteiger partial charge in [-0.05, 0) is 37.0 Å². The largest absolute Gasteiger partial charge is 0.455 e. The predicted octanol–water partition coefficient (Wildman–Crippen LogP) is 4.06. The van der Waals surface area contributed by atoms with E-state index in [4.69, 9.17) is 16.3 Å². The van der Waals surface area contributed by atoms with Gasteiger partial charge in [-0.15, -0.1) is 0 Å². The van der Waals surface area contributed by atoms with Crippen molar-refractivity contribution in [1.29, 1.82) is 0 Å². The van der Waals surface area contributed by atoms with Crippen LogP contribution in [0.15, 0.2) is 48.5 Å². The Bertz CT molecular complexity index is 964. The molecule has 0 unspecified atom stereocenters. The quantitative estimate of drug-likeness (QED) is 0.647. The van der Waals surface area contributed by atoms with Crippen molar-refractivity contribution in [3.63, 3.8) is 0 Å². The van der Waals surface area contributed by atoms with E-state index in [1.54, 1.807) is 30.3 Å². The molecule has 5 nitrogen and oxygen atoms in total. The topological polar surface area (TPSA) is 63.7 Å². The van der Waals surface area contributed by atoms with E-state index in [0.29, 0.717) is 23.4 Å². The Balaban J connectivity index is 1.75. The van der Waals surface area contributed by atoms with Crippen molar-refractivity contribution in [1.82, 2.24) is 4.90 Å². The van der Waals surface area contributed by atoms with Gasteiger partial charge in [0.15, 0.2) is 12.4 Å². The molecule has 7 heteroatoms. The van der Waals surface area contributed by atoms with Crippen molar-refractivity contribution < 1.29 is 23.5 Å². The molecule has 0 radical (unpaired) electrons. The first-order valence-electron chi connectivity index (χ1n) is 9.80. The highest BCUT2D eigenvalue weighted by Gasteiger charge is 2.47. The number of amides is 1. The lowest BCUT2D eigenvalue weighted by atomic mass is 9.74. The highest BCUT2D eigenvalue weighted by molar-refractivity contribution is 6.31. The van der Waals surface area contributed by atoms with Gasteiger partial charge < -0.3 is 9.64 Å². The molecule has 1 aliphatic carbocycles. The molecule has 0 N–H and O–H groups in total. The third-order valence-corrected chi connectivity index (χ3v) is 5.90. The molecule has 1 atom stereocenters. The zero-order valence-electron chi connectivity index (χ0n) is 16.7. The number of hydrogen-bond acceptors (Lipinski definition) is 4. The van der Waals surface area contributed by atoms with Gasteiger partial charge in [0.2, 0.25) is 0 Å². The van der Waals surface area contributed by atoms with Crippen LogP contribution in [0.3, 0.4) is 0 Å². The average molecular weight is 432 g/mol. The molecule has 30 heavy (non-hydrogen) atoms. The molecule has 1 fully saturated rings. The van der Waals surface area contributed by atoms with Crippen LogP contribution in [0.5, 0.6) is 0 Å². The molecule has 1 saturated carbocycles. The maximum absolute atomic E-state index is 13.7. The number of hydrogen-bond donors (Lipinski definition) is 0. The molecule has 0 aromatic heterocycles. The van der Waals surface area contributed by atoms with Crippen molar-refractivity contribution >= 4 is 29.3 Å². The number of Topliss-reactive ketones (excluding diaryl/α,β-unsaturated/α-hetero) is 1. The maximum Gasteiger partial charge on any atom is 0.310 e. The van der Waals surface area contributed by atoms with Gasteiger partial charge in [-0.25, -0.2) is 4.39 Å². The van der Waals surface area contributed by atoms with E-state index in [1.807, 2.05) is 0 Å². The Morgan fingerprint density at radius 1 is 1.13 bits per heavy atom. The molecular weight excluding hydrogens is 409 g/mol.